The van der Waals surface area contributed by atoms with Gasteiger partial charge in [0.15, 0.2) is 0 Å². The van der Waals surface area contributed by atoms with Crippen molar-refractivity contribution in [3.05, 3.63) is 35.9 Å². The fourth-order valence-corrected chi connectivity index (χ4v) is 4.95. The molecular weight excluding hydrogens is 335 g/mol. The van der Waals surface area contributed by atoms with Gasteiger partial charge < -0.3 is 5.11 Å². The molecule has 1 aromatic rings. The Balaban J connectivity index is 2.07. The van der Waals surface area contributed by atoms with E-state index >= 15 is 0 Å². The summed E-state index contributed by atoms with van der Waals surface area (Å²) in [5, 5.41) is 9.57. The minimum absolute atomic E-state index is 0.254. The highest BCUT2D eigenvalue weighted by Gasteiger charge is 2.62. The number of halogens is 1. The second-order valence-corrected chi connectivity index (χ2v) is 6.75. The third-order valence-corrected chi connectivity index (χ3v) is 6.33. The lowest BCUT2D eigenvalue weighted by Gasteiger charge is -2.18. The van der Waals surface area contributed by atoms with E-state index in [1.807, 2.05) is 0 Å². The van der Waals surface area contributed by atoms with Crippen LogP contribution >= 0.6 is 22.6 Å². The van der Waals surface area contributed by atoms with Gasteiger partial charge in [-0.25, -0.2) is 0 Å². The number of alkyl halides is 1. The van der Waals surface area contributed by atoms with Gasteiger partial charge in [0.2, 0.25) is 0 Å². The van der Waals surface area contributed by atoms with Gasteiger partial charge in [0, 0.05) is 21.9 Å². The quantitative estimate of drug-likeness (QED) is 0.437. The van der Waals surface area contributed by atoms with Crippen LogP contribution in [0.4, 0.5) is 0 Å². The lowest BCUT2D eigenvalue weighted by atomic mass is 9.87. The van der Waals surface area contributed by atoms with Crippen molar-refractivity contribution >= 4 is 22.6 Å². The first kappa shape index (κ1) is 14.3. The summed E-state index contributed by atoms with van der Waals surface area (Å²) in [5.41, 5.74) is 1.68. The zero-order valence-electron chi connectivity index (χ0n) is 11.1. The molecule has 0 radical (unpaired) electrons. The number of aliphatic hydroxyl groups is 1. The standard InChI is InChI=1S/C16H23IO/c1-2-3-4-8-11-16(14(12-18)15(16)17)13-9-6-5-7-10-13/h5-7,9-10,14-15,18H,2-4,8,11-12H2,1H3/t14-,15+,16-/m0/s1. The average molecular weight is 358 g/mol. The number of rotatable bonds is 7. The molecule has 0 aliphatic heterocycles. The van der Waals surface area contributed by atoms with Crippen LogP contribution in [-0.2, 0) is 5.41 Å². The summed E-state index contributed by atoms with van der Waals surface area (Å²) in [4.78, 5) is 0. The van der Waals surface area contributed by atoms with Crippen LogP contribution in [0.3, 0.4) is 0 Å². The molecule has 1 aliphatic carbocycles. The Bertz CT molecular complexity index is 365. The molecule has 100 valence electrons. The van der Waals surface area contributed by atoms with Crippen LogP contribution in [0.1, 0.15) is 44.6 Å². The van der Waals surface area contributed by atoms with Crippen molar-refractivity contribution in [2.45, 2.75) is 48.4 Å². The first-order valence-corrected chi connectivity index (χ1v) is 8.32. The van der Waals surface area contributed by atoms with Crippen LogP contribution in [0.15, 0.2) is 30.3 Å². The Morgan fingerprint density at radius 2 is 1.89 bits per heavy atom. The van der Waals surface area contributed by atoms with Crippen molar-refractivity contribution in [2.75, 3.05) is 6.61 Å². The van der Waals surface area contributed by atoms with Crippen LogP contribution in [0, 0.1) is 5.92 Å². The molecule has 1 N–H and O–H groups in total. The molecule has 2 heteroatoms. The topological polar surface area (TPSA) is 20.2 Å². The summed E-state index contributed by atoms with van der Waals surface area (Å²) in [6.07, 6.45) is 6.47. The van der Waals surface area contributed by atoms with Gasteiger partial charge in [-0.3, -0.25) is 0 Å². The third-order valence-electron chi connectivity index (χ3n) is 4.35. The number of unbranched alkanes of at least 4 members (excludes halogenated alkanes) is 3. The van der Waals surface area contributed by atoms with E-state index in [0.717, 1.165) is 0 Å². The molecule has 0 saturated heterocycles. The fraction of sp³-hybridized carbons (Fsp3) is 0.625. The fourth-order valence-electron chi connectivity index (χ4n) is 3.16. The Morgan fingerprint density at radius 3 is 2.44 bits per heavy atom. The Morgan fingerprint density at radius 1 is 1.17 bits per heavy atom. The van der Waals surface area contributed by atoms with E-state index in [4.69, 9.17) is 0 Å². The average Bonchev–Trinajstić information content (AvgIpc) is 3.01. The van der Waals surface area contributed by atoms with Gasteiger partial charge in [-0.15, -0.1) is 0 Å². The highest BCUT2D eigenvalue weighted by atomic mass is 127. The summed E-state index contributed by atoms with van der Waals surface area (Å²) >= 11 is 2.54. The summed E-state index contributed by atoms with van der Waals surface area (Å²) in [6.45, 7) is 2.58. The van der Waals surface area contributed by atoms with Gasteiger partial charge in [0.05, 0.1) is 0 Å². The van der Waals surface area contributed by atoms with Crippen molar-refractivity contribution < 1.29 is 5.11 Å². The smallest absolute Gasteiger partial charge is 0.0478 e. The second kappa shape index (κ2) is 6.38. The molecule has 0 aromatic heterocycles. The van der Waals surface area contributed by atoms with E-state index in [0.29, 0.717) is 16.4 Å². The van der Waals surface area contributed by atoms with Crippen molar-refractivity contribution in [3.63, 3.8) is 0 Å². The van der Waals surface area contributed by atoms with Gasteiger partial charge in [0.25, 0.3) is 0 Å². The van der Waals surface area contributed by atoms with Crippen molar-refractivity contribution in [1.82, 2.24) is 0 Å². The molecule has 0 bridgehead atoms. The minimum atomic E-state index is 0.254. The van der Waals surface area contributed by atoms with Gasteiger partial charge in [0.1, 0.15) is 0 Å². The first-order valence-electron chi connectivity index (χ1n) is 7.07. The van der Waals surface area contributed by atoms with E-state index in [1.54, 1.807) is 0 Å². The number of hydrogen-bond acceptors (Lipinski definition) is 1. The Kier molecular flexibility index (Phi) is 5.07. The second-order valence-electron chi connectivity index (χ2n) is 5.41. The van der Waals surface area contributed by atoms with E-state index in [1.165, 1.54) is 37.7 Å². The molecule has 1 aliphatic rings. The number of hydrogen-bond donors (Lipinski definition) is 1. The molecule has 1 nitrogen and oxygen atoms in total. The van der Waals surface area contributed by atoms with Crippen molar-refractivity contribution in [2.24, 2.45) is 5.92 Å². The first-order chi connectivity index (χ1) is 8.77. The molecule has 0 heterocycles. The van der Waals surface area contributed by atoms with Gasteiger partial charge in [-0.2, -0.15) is 0 Å². The van der Waals surface area contributed by atoms with E-state index in [9.17, 15) is 5.11 Å². The molecule has 3 atom stereocenters. The number of benzene rings is 1. The molecular formula is C16H23IO. The van der Waals surface area contributed by atoms with E-state index < -0.39 is 0 Å². The lowest BCUT2D eigenvalue weighted by molar-refractivity contribution is 0.260. The molecule has 0 unspecified atom stereocenters. The maximum atomic E-state index is 9.57. The Labute approximate surface area is 124 Å². The third kappa shape index (κ3) is 2.60. The molecule has 18 heavy (non-hydrogen) atoms. The normalized spacial score (nSPS) is 30.4. The minimum Gasteiger partial charge on any atom is -0.396 e. The maximum absolute atomic E-state index is 9.57. The van der Waals surface area contributed by atoms with Gasteiger partial charge in [-0.05, 0) is 12.0 Å². The highest BCUT2D eigenvalue weighted by molar-refractivity contribution is 14.1. The SMILES string of the molecule is CCCCCC[C@@]1(c2ccccc2)[C@H](I)[C@@H]1CO. The molecule has 1 fully saturated rings. The number of aliphatic hydroxyl groups excluding tert-OH is 1. The van der Waals surface area contributed by atoms with Crippen molar-refractivity contribution in [1.29, 1.82) is 0 Å². The molecule has 1 saturated carbocycles. The van der Waals surface area contributed by atoms with Crippen molar-refractivity contribution in [3.8, 4) is 0 Å². The van der Waals surface area contributed by atoms with Gasteiger partial charge >= 0.3 is 0 Å². The molecule has 0 spiro atoms. The monoisotopic (exact) mass is 358 g/mol. The Hall–Kier alpha value is -0.0900. The maximum Gasteiger partial charge on any atom is 0.0478 e. The van der Waals surface area contributed by atoms with E-state index in [-0.39, 0.29) is 5.41 Å². The predicted molar refractivity (Wildman–Crippen MR) is 85.3 cm³/mol. The van der Waals surface area contributed by atoms with Crippen LogP contribution in [0.5, 0.6) is 0 Å². The highest BCUT2D eigenvalue weighted by Crippen LogP contribution is 2.61. The predicted octanol–water partition coefficient (Wildman–Crippen LogP) is 4.32. The van der Waals surface area contributed by atoms with Crippen LogP contribution < -0.4 is 0 Å². The zero-order valence-corrected chi connectivity index (χ0v) is 13.3. The summed E-state index contributed by atoms with van der Waals surface area (Å²) in [7, 11) is 0. The summed E-state index contributed by atoms with van der Waals surface area (Å²) in [6, 6.07) is 10.8. The summed E-state index contributed by atoms with van der Waals surface area (Å²) in [5.74, 6) is 0.460. The van der Waals surface area contributed by atoms with Crippen LogP contribution in [0.2, 0.25) is 0 Å². The zero-order chi connectivity index (χ0) is 13.0. The van der Waals surface area contributed by atoms with E-state index in [2.05, 4.69) is 59.8 Å². The molecule has 0 amide bonds. The molecule has 2 rings (SSSR count). The van der Waals surface area contributed by atoms with Crippen LogP contribution in [-0.4, -0.2) is 15.6 Å². The summed E-state index contributed by atoms with van der Waals surface area (Å²) < 4.78 is 0.601. The largest absolute Gasteiger partial charge is 0.396 e. The molecule has 1 aromatic carbocycles. The van der Waals surface area contributed by atoms with Gasteiger partial charge in [-0.1, -0.05) is 85.5 Å². The lowest BCUT2D eigenvalue weighted by Crippen LogP contribution is -2.13. The van der Waals surface area contributed by atoms with Crippen LogP contribution in [0.25, 0.3) is 0 Å².